The largest absolute Gasteiger partial charge is 0.482 e. The molecule has 1 aliphatic heterocycles. The molecule has 0 bridgehead atoms. The molecule has 1 aliphatic rings. The minimum atomic E-state index is -0.909. The van der Waals surface area contributed by atoms with Gasteiger partial charge in [0.15, 0.2) is 12.7 Å². The van der Waals surface area contributed by atoms with Gasteiger partial charge in [-0.2, -0.15) is 5.26 Å². The molecular weight excluding hydrogens is 372 g/mol. The van der Waals surface area contributed by atoms with Crippen molar-refractivity contribution < 1.29 is 19.1 Å². The highest BCUT2D eigenvalue weighted by molar-refractivity contribution is 8.19. The van der Waals surface area contributed by atoms with E-state index in [4.69, 9.17) is 14.7 Å². The van der Waals surface area contributed by atoms with E-state index in [0.29, 0.717) is 16.9 Å². The molecule has 6 nitrogen and oxygen atoms in total. The summed E-state index contributed by atoms with van der Waals surface area (Å²) < 4.78 is 11.0. The Morgan fingerprint density at radius 1 is 1.31 bits per heavy atom. The Hall–Kier alpha value is -1.85. The van der Waals surface area contributed by atoms with Crippen molar-refractivity contribution in [3.05, 3.63) is 29.8 Å². The summed E-state index contributed by atoms with van der Waals surface area (Å²) in [6, 6.07) is 9.66. The predicted octanol–water partition coefficient (Wildman–Crippen LogP) is 2.85. The van der Waals surface area contributed by atoms with Crippen LogP contribution in [-0.4, -0.2) is 54.6 Å². The van der Waals surface area contributed by atoms with Crippen molar-refractivity contribution in [3.63, 3.8) is 0 Å². The zero-order valence-corrected chi connectivity index (χ0v) is 16.5. The highest BCUT2D eigenvalue weighted by atomic mass is 32.2. The van der Waals surface area contributed by atoms with Crippen molar-refractivity contribution in [2.75, 3.05) is 31.7 Å². The number of benzene rings is 1. The topological polar surface area (TPSA) is 79.6 Å². The van der Waals surface area contributed by atoms with Crippen LogP contribution in [0.5, 0.6) is 5.75 Å². The average Bonchev–Trinajstić information content (AvgIpc) is 3.18. The normalized spacial score (nSPS) is 15.1. The molecule has 26 heavy (non-hydrogen) atoms. The molecule has 1 saturated heterocycles. The molecule has 0 unspecified atom stereocenters. The lowest BCUT2D eigenvalue weighted by atomic mass is 10.2. The van der Waals surface area contributed by atoms with Gasteiger partial charge in [0.25, 0.3) is 5.91 Å². The molecule has 0 N–H and O–H groups in total. The van der Waals surface area contributed by atoms with Gasteiger partial charge in [0.1, 0.15) is 5.75 Å². The van der Waals surface area contributed by atoms with Crippen LogP contribution in [0.3, 0.4) is 0 Å². The summed E-state index contributed by atoms with van der Waals surface area (Å²) in [5, 5.41) is 8.55. The number of hydrogen-bond acceptors (Lipinski definition) is 7. The molecule has 0 spiro atoms. The summed E-state index contributed by atoms with van der Waals surface area (Å²) in [5.74, 6) is 1.98. The van der Waals surface area contributed by atoms with Crippen LogP contribution in [0.15, 0.2) is 24.3 Å². The summed E-state index contributed by atoms with van der Waals surface area (Å²) >= 11 is 3.86. The molecular formula is C18H22N2O4S2. The SMILES string of the molecule is C[C@H](OC(=O)COc1ccc(C2SCCS2)cc1)C(=O)N(C)CCC#N. The number of rotatable bonds is 8. The second-order valence-electron chi connectivity index (χ2n) is 5.73. The number of nitrogens with zero attached hydrogens (tertiary/aromatic N) is 2. The highest BCUT2D eigenvalue weighted by Crippen LogP contribution is 2.45. The Labute approximate surface area is 162 Å². The Kier molecular flexibility index (Phi) is 8.13. The Bertz CT molecular complexity index is 654. The first kappa shape index (κ1) is 20.5. The summed E-state index contributed by atoms with van der Waals surface area (Å²) in [5.41, 5.74) is 1.24. The monoisotopic (exact) mass is 394 g/mol. The lowest BCUT2D eigenvalue weighted by Crippen LogP contribution is -2.38. The second kappa shape index (κ2) is 10.3. The van der Waals surface area contributed by atoms with Crippen LogP contribution < -0.4 is 4.74 Å². The molecule has 140 valence electrons. The number of carbonyl (C=O) groups is 2. The van der Waals surface area contributed by atoms with Gasteiger partial charge in [0, 0.05) is 25.1 Å². The van der Waals surface area contributed by atoms with Gasteiger partial charge < -0.3 is 14.4 Å². The Balaban J connectivity index is 1.75. The van der Waals surface area contributed by atoms with E-state index in [1.54, 1.807) is 7.05 Å². The number of nitriles is 1. The minimum absolute atomic E-state index is 0.236. The van der Waals surface area contributed by atoms with Gasteiger partial charge >= 0.3 is 5.97 Å². The number of thioether (sulfide) groups is 2. The Morgan fingerprint density at radius 3 is 2.58 bits per heavy atom. The van der Waals surface area contributed by atoms with E-state index in [-0.39, 0.29) is 18.9 Å². The van der Waals surface area contributed by atoms with E-state index in [9.17, 15) is 9.59 Å². The third-order valence-corrected chi connectivity index (χ3v) is 6.83. The molecule has 1 aromatic rings. The fourth-order valence-corrected chi connectivity index (χ4v) is 5.19. The van der Waals surface area contributed by atoms with Crippen LogP contribution in [0.1, 0.15) is 23.5 Å². The van der Waals surface area contributed by atoms with Crippen molar-refractivity contribution in [2.24, 2.45) is 0 Å². The van der Waals surface area contributed by atoms with Crippen molar-refractivity contribution >= 4 is 35.4 Å². The number of esters is 1. The first-order chi connectivity index (χ1) is 12.5. The van der Waals surface area contributed by atoms with Crippen LogP contribution in [0.4, 0.5) is 0 Å². The molecule has 0 radical (unpaired) electrons. The van der Waals surface area contributed by atoms with Gasteiger partial charge in [-0.1, -0.05) is 12.1 Å². The van der Waals surface area contributed by atoms with E-state index in [0.717, 1.165) is 0 Å². The fourth-order valence-electron chi connectivity index (χ4n) is 2.33. The number of likely N-dealkylation sites (N-methyl/N-ethyl adjacent to an activating group) is 1. The molecule has 2 rings (SSSR count). The van der Waals surface area contributed by atoms with Crippen molar-refractivity contribution in [2.45, 2.75) is 24.0 Å². The molecule has 0 aromatic heterocycles. The van der Waals surface area contributed by atoms with Gasteiger partial charge in [-0.3, -0.25) is 4.79 Å². The van der Waals surface area contributed by atoms with Crippen LogP contribution in [0.25, 0.3) is 0 Å². The first-order valence-corrected chi connectivity index (χ1v) is 10.4. The fraction of sp³-hybridized carbons (Fsp3) is 0.500. The van der Waals surface area contributed by atoms with Gasteiger partial charge in [-0.05, 0) is 24.6 Å². The van der Waals surface area contributed by atoms with E-state index in [1.807, 2.05) is 53.9 Å². The molecule has 0 aliphatic carbocycles. The zero-order chi connectivity index (χ0) is 18.9. The standard InChI is InChI=1S/C18H22N2O4S2/c1-13(17(22)20(2)9-3-8-19)24-16(21)12-23-15-6-4-14(5-7-15)18-25-10-11-26-18/h4-7,13,18H,3,9-12H2,1-2H3/t13-/m0/s1. The summed E-state index contributed by atoms with van der Waals surface area (Å²) in [6.07, 6.45) is -0.673. The van der Waals surface area contributed by atoms with Crippen LogP contribution >= 0.6 is 23.5 Å². The summed E-state index contributed by atoms with van der Waals surface area (Å²) in [6.45, 7) is 1.55. The molecule has 1 amide bonds. The third kappa shape index (κ3) is 6.15. The molecule has 0 saturated carbocycles. The summed E-state index contributed by atoms with van der Waals surface area (Å²) in [4.78, 5) is 25.3. The zero-order valence-electron chi connectivity index (χ0n) is 14.8. The van der Waals surface area contributed by atoms with Gasteiger partial charge in [-0.15, -0.1) is 23.5 Å². The average molecular weight is 395 g/mol. The lowest BCUT2D eigenvalue weighted by Gasteiger charge is -2.20. The molecule has 1 aromatic carbocycles. The highest BCUT2D eigenvalue weighted by Gasteiger charge is 2.22. The summed E-state index contributed by atoms with van der Waals surface area (Å²) in [7, 11) is 1.57. The first-order valence-electron chi connectivity index (χ1n) is 8.28. The van der Waals surface area contributed by atoms with E-state index < -0.39 is 12.1 Å². The van der Waals surface area contributed by atoms with Crippen molar-refractivity contribution in [1.29, 1.82) is 5.26 Å². The van der Waals surface area contributed by atoms with E-state index in [2.05, 4.69) is 0 Å². The number of hydrogen-bond donors (Lipinski definition) is 0. The van der Waals surface area contributed by atoms with Crippen LogP contribution in [0.2, 0.25) is 0 Å². The molecule has 1 atom stereocenters. The van der Waals surface area contributed by atoms with Crippen LogP contribution in [0, 0.1) is 11.3 Å². The van der Waals surface area contributed by atoms with E-state index >= 15 is 0 Å². The Morgan fingerprint density at radius 2 is 1.96 bits per heavy atom. The maximum atomic E-state index is 12.0. The number of amides is 1. The molecule has 8 heteroatoms. The third-order valence-electron chi connectivity index (χ3n) is 3.72. The quantitative estimate of drug-likeness (QED) is 0.627. The van der Waals surface area contributed by atoms with Gasteiger partial charge in [-0.25, -0.2) is 4.79 Å². The molecule has 1 heterocycles. The van der Waals surface area contributed by atoms with Crippen molar-refractivity contribution in [3.8, 4) is 11.8 Å². The van der Waals surface area contributed by atoms with Gasteiger partial charge in [0.05, 0.1) is 17.1 Å². The maximum absolute atomic E-state index is 12.0. The number of ether oxygens (including phenoxy) is 2. The van der Waals surface area contributed by atoms with Gasteiger partial charge in [0.2, 0.25) is 0 Å². The predicted molar refractivity (Wildman–Crippen MR) is 103 cm³/mol. The minimum Gasteiger partial charge on any atom is -0.482 e. The molecule has 1 fully saturated rings. The second-order valence-corrected chi connectivity index (χ2v) is 8.46. The van der Waals surface area contributed by atoms with E-state index in [1.165, 1.54) is 28.9 Å². The smallest absolute Gasteiger partial charge is 0.344 e. The van der Waals surface area contributed by atoms with Crippen molar-refractivity contribution in [1.82, 2.24) is 4.90 Å². The maximum Gasteiger partial charge on any atom is 0.344 e. The number of carbonyl (C=O) groups excluding carboxylic acids is 2. The van der Waals surface area contributed by atoms with Crippen LogP contribution in [-0.2, 0) is 14.3 Å². The lowest BCUT2D eigenvalue weighted by molar-refractivity contribution is -0.160.